The van der Waals surface area contributed by atoms with Gasteiger partial charge in [0.05, 0.1) is 12.8 Å². The smallest absolute Gasteiger partial charge is 0.220 e. The molecule has 0 saturated carbocycles. The maximum absolute atomic E-state index is 11.3. The highest BCUT2D eigenvalue weighted by Gasteiger charge is 2.01. The molecule has 0 radical (unpaired) electrons. The molecule has 0 fully saturated rings. The van der Waals surface area contributed by atoms with Crippen molar-refractivity contribution in [3.8, 4) is 0 Å². The first-order valence-electron chi connectivity index (χ1n) is 7.81. The largest absolute Gasteiger partial charge is 0.378 e. The van der Waals surface area contributed by atoms with Crippen LogP contribution in [0.2, 0.25) is 0 Å². The zero-order chi connectivity index (χ0) is 16.6. The third-order valence-corrected chi connectivity index (χ3v) is 3.16. The Morgan fingerprint density at radius 1 is 1.41 bits per heavy atom. The van der Waals surface area contributed by atoms with Crippen LogP contribution in [0.5, 0.6) is 0 Å². The predicted octanol–water partition coefficient (Wildman–Crippen LogP) is 2.49. The maximum atomic E-state index is 11.3. The van der Waals surface area contributed by atoms with E-state index in [9.17, 15) is 4.79 Å². The van der Waals surface area contributed by atoms with E-state index in [0.29, 0.717) is 13.0 Å². The number of aromatic nitrogens is 3. The number of methoxy groups -OCH3 is 1. The molecule has 128 valence electrons. The van der Waals surface area contributed by atoms with Gasteiger partial charge >= 0.3 is 0 Å². The number of hydrogen-bond acceptors (Lipinski definition) is 5. The zero-order valence-corrected chi connectivity index (χ0v) is 15.1. The minimum Gasteiger partial charge on any atom is -0.378 e. The van der Waals surface area contributed by atoms with Crippen LogP contribution in [0.3, 0.4) is 0 Å². The average molecular weight is 330 g/mol. The standard InChI is InChI=1S/C12H22N4O2S.C3H8/c1-18-10-11-9-16(15-14-11)7-4-3-6-13-12(17)5-8-19-2;1-3-2/h9H,3-8,10H2,1-2H3,(H,13,17);3H2,1-2H3. The lowest BCUT2D eigenvalue weighted by Crippen LogP contribution is -2.24. The molecule has 0 aromatic carbocycles. The molecule has 6 nitrogen and oxygen atoms in total. The Bertz CT molecular complexity index is 385. The number of thioether (sulfide) groups is 1. The molecule has 0 aliphatic rings. The van der Waals surface area contributed by atoms with Crippen LogP contribution in [0.4, 0.5) is 0 Å². The summed E-state index contributed by atoms with van der Waals surface area (Å²) in [5, 5.41) is 10.9. The molecular formula is C15H30N4O2S. The Hall–Kier alpha value is -1.08. The molecule has 1 amide bonds. The Morgan fingerprint density at radius 3 is 2.77 bits per heavy atom. The molecule has 1 heterocycles. The number of ether oxygens (including phenoxy) is 1. The van der Waals surface area contributed by atoms with E-state index in [1.807, 2.05) is 17.1 Å². The van der Waals surface area contributed by atoms with Crippen molar-refractivity contribution in [3.05, 3.63) is 11.9 Å². The van der Waals surface area contributed by atoms with Gasteiger partial charge in [0.2, 0.25) is 5.91 Å². The van der Waals surface area contributed by atoms with Crippen LogP contribution in [0.1, 0.15) is 45.2 Å². The zero-order valence-electron chi connectivity index (χ0n) is 14.3. The molecule has 0 unspecified atom stereocenters. The van der Waals surface area contributed by atoms with Crippen LogP contribution in [-0.4, -0.2) is 46.6 Å². The number of carbonyl (C=O) groups excluding carboxylic acids is 1. The SMILES string of the molecule is CCC.COCc1cn(CCCCNC(=O)CCSC)nn1. The Kier molecular flexibility index (Phi) is 14.1. The summed E-state index contributed by atoms with van der Waals surface area (Å²) in [4.78, 5) is 11.3. The first-order chi connectivity index (χ1) is 10.7. The number of carbonyl (C=O) groups is 1. The van der Waals surface area contributed by atoms with Gasteiger partial charge < -0.3 is 10.1 Å². The monoisotopic (exact) mass is 330 g/mol. The Morgan fingerprint density at radius 2 is 2.14 bits per heavy atom. The van der Waals surface area contributed by atoms with Crippen LogP contribution >= 0.6 is 11.8 Å². The number of hydrogen-bond donors (Lipinski definition) is 1. The van der Waals surface area contributed by atoms with Crippen molar-refractivity contribution in [1.82, 2.24) is 20.3 Å². The van der Waals surface area contributed by atoms with E-state index < -0.39 is 0 Å². The third kappa shape index (κ3) is 11.6. The molecule has 1 rings (SSSR count). The van der Waals surface area contributed by atoms with Crippen LogP contribution < -0.4 is 5.32 Å². The van der Waals surface area contributed by atoms with Gasteiger partial charge in [0, 0.05) is 32.4 Å². The van der Waals surface area contributed by atoms with Crippen molar-refractivity contribution >= 4 is 17.7 Å². The quantitative estimate of drug-likeness (QED) is 0.668. The van der Waals surface area contributed by atoms with Crippen molar-refractivity contribution in [2.75, 3.05) is 25.7 Å². The third-order valence-electron chi connectivity index (χ3n) is 2.55. The normalized spacial score (nSPS) is 10.0. The van der Waals surface area contributed by atoms with Gasteiger partial charge in [-0.05, 0) is 19.1 Å². The van der Waals surface area contributed by atoms with E-state index in [1.54, 1.807) is 18.9 Å². The molecule has 0 bridgehead atoms. The van der Waals surface area contributed by atoms with E-state index in [-0.39, 0.29) is 5.91 Å². The van der Waals surface area contributed by atoms with Gasteiger partial charge in [-0.1, -0.05) is 25.5 Å². The second kappa shape index (κ2) is 14.8. The number of nitrogens with one attached hydrogen (secondary N) is 1. The lowest BCUT2D eigenvalue weighted by molar-refractivity contribution is -0.120. The Labute approximate surface area is 138 Å². The summed E-state index contributed by atoms with van der Waals surface area (Å²) in [7, 11) is 1.64. The minimum absolute atomic E-state index is 0.137. The van der Waals surface area contributed by atoms with Gasteiger partial charge in [0.15, 0.2) is 0 Å². The summed E-state index contributed by atoms with van der Waals surface area (Å²) >= 11 is 1.69. The van der Waals surface area contributed by atoms with Gasteiger partial charge in [0.25, 0.3) is 0 Å². The van der Waals surface area contributed by atoms with Crippen LogP contribution in [0, 0.1) is 0 Å². The second-order valence-corrected chi connectivity index (χ2v) is 5.90. The fourth-order valence-electron chi connectivity index (χ4n) is 1.57. The highest BCUT2D eigenvalue weighted by molar-refractivity contribution is 7.98. The molecule has 0 spiro atoms. The van der Waals surface area contributed by atoms with Crippen molar-refractivity contribution < 1.29 is 9.53 Å². The fraction of sp³-hybridized carbons (Fsp3) is 0.800. The first-order valence-corrected chi connectivity index (χ1v) is 9.20. The van der Waals surface area contributed by atoms with Crippen LogP contribution in [-0.2, 0) is 22.7 Å². The number of amides is 1. The lowest BCUT2D eigenvalue weighted by atomic mass is 10.3. The lowest BCUT2D eigenvalue weighted by Gasteiger charge is -2.04. The predicted molar refractivity (Wildman–Crippen MR) is 91.9 cm³/mol. The average Bonchev–Trinajstić information content (AvgIpc) is 2.93. The summed E-state index contributed by atoms with van der Waals surface area (Å²) in [6, 6.07) is 0. The second-order valence-electron chi connectivity index (χ2n) is 4.91. The Balaban J connectivity index is 0.00000135. The summed E-state index contributed by atoms with van der Waals surface area (Å²) in [6.07, 6.45) is 7.66. The molecule has 0 atom stereocenters. The molecule has 22 heavy (non-hydrogen) atoms. The van der Waals surface area contributed by atoms with E-state index in [0.717, 1.165) is 37.4 Å². The molecule has 0 saturated heterocycles. The number of aryl methyl sites for hydroxylation is 1. The molecule has 1 N–H and O–H groups in total. The van der Waals surface area contributed by atoms with Crippen LogP contribution in [0.25, 0.3) is 0 Å². The van der Waals surface area contributed by atoms with Crippen molar-refractivity contribution in [2.45, 2.75) is 52.7 Å². The molecule has 1 aromatic rings. The highest BCUT2D eigenvalue weighted by Crippen LogP contribution is 1.98. The molecule has 7 heteroatoms. The van der Waals surface area contributed by atoms with Gasteiger partial charge in [0.1, 0.15) is 5.69 Å². The fourth-order valence-corrected chi connectivity index (χ4v) is 1.96. The number of nitrogens with zero attached hydrogens (tertiary/aromatic N) is 3. The van der Waals surface area contributed by atoms with Gasteiger partial charge in [-0.2, -0.15) is 11.8 Å². The first kappa shape index (κ1) is 20.9. The maximum Gasteiger partial charge on any atom is 0.220 e. The minimum atomic E-state index is 0.137. The summed E-state index contributed by atoms with van der Waals surface area (Å²) in [6.45, 7) is 6.29. The number of unbranched alkanes of at least 4 members (excludes halogenated alkanes) is 1. The number of rotatable bonds is 10. The van der Waals surface area contributed by atoms with E-state index in [2.05, 4.69) is 29.5 Å². The topological polar surface area (TPSA) is 69.0 Å². The summed E-state index contributed by atoms with van der Waals surface area (Å²) in [5.41, 5.74) is 0.841. The van der Waals surface area contributed by atoms with Crippen molar-refractivity contribution in [1.29, 1.82) is 0 Å². The summed E-state index contributed by atoms with van der Waals surface area (Å²) < 4.78 is 6.79. The summed E-state index contributed by atoms with van der Waals surface area (Å²) in [5.74, 6) is 1.02. The molecular weight excluding hydrogens is 300 g/mol. The van der Waals surface area contributed by atoms with Gasteiger partial charge in [-0.25, -0.2) is 0 Å². The van der Waals surface area contributed by atoms with E-state index in [1.165, 1.54) is 6.42 Å². The van der Waals surface area contributed by atoms with Gasteiger partial charge in [-0.3, -0.25) is 9.48 Å². The van der Waals surface area contributed by atoms with E-state index in [4.69, 9.17) is 4.74 Å². The molecule has 0 aliphatic carbocycles. The van der Waals surface area contributed by atoms with E-state index >= 15 is 0 Å². The van der Waals surface area contributed by atoms with Crippen molar-refractivity contribution in [2.24, 2.45) is 0 Å². The molecule has 1 aromatic heterocycles. The van der Waals surface area contributed by atoms with Gasteiger partial charge in [-0.15, -0.1) is 5.10 Å². The molecule has 0 aliphatic heterocycles. The van der Waals surface area contributed by atoms with Crippen molar-refractivity contribution in [3.63, 3.8) is 0 Å². The van der Waals surface area contributed by atoms with Crippen LogP contribution in [0.15, 0.2) is 6.20 Å². The highest BCUT2D eigenvalue weighted by atomic mass is 32.2.